The number of carbonyl (C=O) groups excluding carboxylic acids is 2. The molecule has 1 fully saturated rings. The average Bonchev–Trinajstić information content (AvgIpc) is 3.12. The van der Waals surface area contributed by atoms with Crippen molar-refractivity contribution in [2.24, 2.45) is 5.92 Å². The lowest BCUT2D eigenvalue weighted by Crippen LogP contribution is -3.15. The summed E-state index contributed by atoms with van der Waals surface area (Å²) in [7, 11) is 1.32. The zero-order valence-electron chi connectivity index (χ0n) is 17.3. The van der Waals surface area contributed by atoms with E-state index in [1.54, 1.807) is 6.07 Å². The minimum absolute atomic E-state index is 0.0584. The predicted octanol–water partition coefficient (Wildman–Crippen LogP) is 0.757. The monoisotopic (exact) mass is 421 g/mol. The van der Waals surface area contributed by atoms with Crippen molar-refractivity contribution < 1.29 is 19.2 Å². The predicted molar refractivity (Wildman–Crippen MR) is 115 cm³/mol. The van der Waals surface area contributed by atoms with E-state index in [-0.39, 0.29) is 23.1 Å². The van der Waals surface area contributed by atoms with E-state index in [1.165, 1.54) is 12.0 Å². The Morgan fingerprint density at radius 2 is 2.03 bits per heavy atom. The number of piperidine rings is 1. The quantitative estimate of drug-likeness (QED) is 0.542. The number of esters is 1. The van der Waals surface area contributed by atoms with Gasteiger partial charge in [-0.15, -0.1) is 0 Å². The number of aromatic nitrogens is 2. The van der Waals surface area contributed by atoms with Gasteiger partial charge in [-0.2, -0.15) is 0 Å². The third kappa shape index (κ3) is 3.53. The molecule has 3 atom stereocenters. The summed E-state index contributed by atoms with van der Waals surface area (Å²) in [5.74, 6) is -0.000444. The first kappa shape index (κ1) is 19.6. The lowest BCUT2D eigenvalue weighted by molar-refractivity contribution is -0.903. The van der Waals surface area contributed by atoms with Crippen LogP contribution in [0, 0.1) is 5.92 Å². The fourth-order valence-electron chi connectivity index (χ4n) is 5.20. The van der Waals surface area contributed by atoms with Crippen molar-refractivity contribution in [3.63, 3.8) is 0 Å². The van der Waals surface area contributed by atoms with Crippen LogP contribution in [0.3, 0.4) is 0 Å². The minimum Gasteiger partial charge on any atom is -0.464 e. The van der Waals surface area contributed by atoms with Gasteiger partial charge in [0.05, 0.1) is 25.9 Å². The van der Waals surface area contributed by atoms with E-state index in [0.29, 0.717) is 24.7 Å². The van der Waals surface area contributed by atoms with Crippen molar-refractivity contribution in [2.75, 3.05) is 32.1 Å². The summed E-state index contributed by atoms with van der Waals surface area (Å²) in [5.41, 5.74) is 2.60. The molecular weight excluding hydrogens is 396 g/mol. The average molecular weight is 421 g/mol. The minimum atomic E-state index is -0.520. The number of para-hydroxylation sites is 1. The van der Waals surface area contributed by atoms with Crippen molar-refractivity contribution >= 4 is 28.5 Å². The second-order valence-electron chi connectivity index (χ2n) is 8.49. The van der Waals surface area contributed by atoms with Gasteiger partial charge in [0.25, 0.3) is 11.5 Å². The summed E-state index contributed by atoms with van der Waals surface area (Å²) in [4.78, 5) is 41.6. The van der Waals surface area contributed by atoms with E-state index in [1.807, 2.05) is 41.0 Å². The largest absolute Gasteiger partial charge is 0.464 e. The highest BCUT2D eigenvalue weighted by Crippen LogP contribution is 2.30. The van der Waals surface area contributed by atoms with Crippen LogP contribution in [0.4, 0.5) is 5.69 Å². The van der Waals surface area contributed by atoms with Gasteiger partial charge in [0.2, 0.25) is 0 Å². The molecule has 1 saturated heterocycles. The molecule has 2 aliphatic heterocycles. The number of quaternary nitrogens is 1. The van der Waals surface area contributed by atoms with Gasteiger partial charge in [0.15, 0.2) is 6.54 Å². The maximum absolute atomic E-state index is 13.0. The highest BCUT2D eigenvalue weighted by molar-refractivity contribution is 6.11. The zero-order valence-corrected chi connectivity index (χ0v) is 17.3. The van der Waals surface area contributed by atoms with Gasteiger partial charge in [-0.1, -0.05) is 24.3 Å². The van der Waals surface area contributed by atoms with Gasteiger partial charge in [-0.3, -0.25) is 9.59 Å². The van der Waals surface area contributed by atoms with E-state index in [0.717, 1.165) is 36.1 Å². The molecule has 2 aromatic heterocycles. The standard InChI is InChI=1S/C23H24N4O4/c1-31-23(30)22-21(16-5-2-3-6-17(16)24-22)25-19(28)13-26-10-14-9-15(12-26)18-7-4-8-20(29)27(18)11-14/h2-8,14-15,24H,9-13H2,1H3,(H,25,28)/p+1/t14-,15+/m0/s1. The zero-order chi connectivity index (χ0) is 21.5. The molecule has 1 aromatic carbocycles. The van der Waals surface area contributed by atoms with Crippen LogP contribution in [0.2, 0.25) is 0 Å². The Hall–Kier alpha value is -3.39. The summed E-state index contributed by atoms with van der Waals surface area (Å²) in [6.07, 6.45) is 1.06. The second kappa shape index (κ2) is 7.70. The first-order valence-electron chi connectivity index (χ1n) is 10.6. The molecule has 5 rings (SSSR count). The fraction of sp³-hybridized carbons (Fsp3) is 0.348. The number of pyridine rings is 1. The number of fused-ring (bicyclic) bond motifs is 5. The Morgan fingerprint density at radius 1 is 1.19 bits per heavy atom. The number of carbonyl (C=O) groups is 2. The van der Waals surface area contributed by atoms with Crippen molar-refractivity contribution in [3.8, 4) is 0 Å². The summed E-state index contributed by atoms with van der Waals surface area (Å²) in [6.45, 7) is 2.68. The molecule has 0 spiro atoms. The molecule has 4 heterocycles. The molecule has 1 amide bonds. The molecule has 0 aliphatic carbocycles. The molecule has 2 aliphatic rings. The third-order valence-electron chi connectivity index (χ3n) is 6.44. The molecule has 8 nitrogen and oxygen atoms in total. The van der Waals surface area contributed by atoms with Crippen molar-refractivity contribution in [2.45, 2.75) is 18.9 Å². The summed E-state index contributed by atoms with van der Waals surface area (Å²) in [6, 6.07) is 12.9. The van der Waals surface area contributed by atoms with Crippen LogP contribution in [-0.2, 0) is 16.1 Å². The second-order valence-corrected chi connectivity index (χ2v) is 8.49. The van der Waals surface area contributed by atoms with Crippen molar-refractivity contribution in [1.29, 1.82) is 0 Å². The Kier molecular flexibility index (Phi) is 4.86. The number of amides is 1. The normalized spacial score (nSPS) is 22.0. The molecule has 3 N–H and O–H groups in total. The number of aromatic amines is 1. The molecule has 8 heteroatoms. The number of methoxy groups -OCH3 is 1. The van der Waals surface area contributed by atoms with E-state index >= 15 is 0 Å². The first-order chi connectivity index (χ1) is 15.0. The highest BCUT2D eigenvalue weighted by Gasteiger charge is 2.37. The molecular formula is C23H25N4O4+. The number of rotatable bonds is 4. The van der Waals surface area contributed by atoms with Gasteiger partial charge in [0, 0.05) is 41.0 Å². The van der Waals surface area contributed by atoms with Crippen molar-refractivity contribution in [1.82, 2.24) is 9.55 Å². The molecule has 2 bridgehead atoms. The van der Waals surface area contributed by atoms with E-state index < -0.39 is 5.97 Å². The molecule has 3 aromatic rings. The SMILES string of the molecule is COC(=O)c1[nH]c2ccccc2c1NC(=O)C[NH+]1C[C@@H]2C[C@H](C1)c1cccc(=O)n1C2. The van der Waals surface area contributed by atoms with Crippen LogP contribution in [0.15, 0.2) is 47.3 Å². The van der Waals surface area contributed by atoms with Crippen LogP contribution < -0.4 is 15.8 Å². The molecule has 1 unspecified atom stereocenters. The lowest BCUT2D eigenvalue weighted by atomic mass is 9.83. The first-order valence-corrected chi connectivity index (χ1v) is 10.6. The molecule has 0 saturated carbocycles. The van der Waals surface area contributed by atoms with Gasteiger partial charge >= 0.3 is 5.97 Å². The Labute approximate surface area is 178 Å². The number of benzene rings is 1. The number of hydrogen-bond donors (Lipinski definition) is 3. The van der Waals surface area contributed by atoms with E-state index in [4.69, 9.17) is 4.74 Å². The Balaban J connectivity index is 1.34. The number of ether oxygens (including phenoxy) is 1. The van der Waals surface area contributed by atoms with Crippen LogP contribution in [0.5, 0.6) is 0 Å². The third-order valence-corrected chi connectivity index (χ3v) is 6.44. The number of H-pyrrole nitrogens is 1. The number of likely N-dealkylation sites (tertiary alicyclic amines) is 1. The van der Waals surface area contributed by atoms with Gasteiger partial charge in [-0.25, -0.2) is 4.79 Å². The topological polar surface area (TPSA) is 97.6 Å². The van der Waals surface area contributed by atoms with Crippen LogP contribution in [0.25, 0.3) is 10.9 Å². The van der Waals surface area contributed by atoms with E-state index in [2.05, 4.69) is 10.3 Å². The van der Waals surface area contributed by atoms with Gasteiger partial charge < -0.3 is 24.5 Å². The summed E-state index contributed by atoms with van der Waals surface area (Å²) >= 11 is 0. The molecule has 0 radical (unpaired) electrons. The van der Waals surface area contributed by atoms with Gasteiger partial charge in [-0.05, 0) is 18.6 Å². The number of anilines is 1. The Morgan fingerprint density at radius 3 is 2.87 bits per heavy atom. The molecule has 160 valence electrons. The fourth-order valence-corrected chi connectivity index (χ4v) is 5.20. The number of nitrogens with one attached hydrogen (secondary N) is 3. The van der Waals surface area contributed by atoms with Crippen molar-refractivity contribution in [3.05, 3.63) is 64.2 Å². The maximum Gasteiger partial charge on any atom is 0.356 e. The summed E-state index contributed by atoms with van der Waals surface area (Å²) in [5, 5.41) is 3.72. The van der Waals surface area contributed by atoms with E-state index in [9.17, 15) is 14.4 Å². The highest BCUT2D eigenvalue weighted by atomic mass is 16.5. The van der Waals surface area contributed by atoms with Gasteiger partial charge in [0.1, 0.15) is 5.69 Å². The van der Waals surface area contributed by atoms with Crippen LogP contribution >= 0.6 is 0 Å². The van der Waals surface area contributed by atoms with Crippen LogP contribution in [0.1, 0.15) is 28.5 Å². The number of nitrogens with zero attached hydrogens (tertiary/aromatic N) is 1. The van der Waals surface area contributed by atoms with Crippen LogP contribution in [-0.4, -0.2) is 48.2 Å². The maximum atomic E-state index is 13.0. The summed E-state index contributed by atoms with van der Waals surface area (Å²) < 4.78 is 6.77. The molecule has 31 heavy (non-hydrogen) atoms. The number of hydrogen-bond acceptors (Lipinski definition) is 4. The lowest BCUT2D eigenvalue weighted by Gasteiger charge is -2.40. The Bertz CT molecular complexity index is 1230. The smallest absolute Gasteiger partial charge is 0.356 e.